The number of benzene rings is 1. The highest BCUT2D eigenvalue weighted by molar-refractivity contribution is 6.06. The highest BCUT2D eigenvalue weighted by Crippen LogP contribution is 2.44. The van der Waals surface area contributed by atoms with Crippen molar-refractivity contribution in [3.8, 4) is 22.5 Å². The van der Waals surface area contributed by atoms with E-state index in [1.165, 1.54) is 18.5 Å². The van der Waals surface area contributed by atoms with Gasteiger partial charge in [-0.2, -0.15) is 0 Å². The second-order valence-electron chi connectivity index (χ2n) is 10.9. The molecular weight excluding hydrogens is 509 g/mol. The number of pyridine rings is 1. The van der Waals surface area contributed by atoms with Gasteiger partial charge in [0.05, 0.1) is 18.0 Å². The number of furan rings is 1. The summed E-state index contributed by atoms with van der Waals surface area (Å²) in [5.41, 5.74) is 3.87. The van der Waals surface area contributed by atoms with Crippen molar-refractivity contribution < 1.29 is 18.7 Å². The number of rotatable bonds is 6. The molecule has 1 aliphatic heterocycles. The highest BCUT2D eigenvalue weighted by Gasteiger charge is 2.30. The molecule has 208 valence electrons. The summed E-state index contributed by atoms with van der Waals surface area (Å²) in [6, 6.07) is 10.7. The maximum atomic E-state index is 13.9. The summed E-state index contributed by atoms with van der Waals surface area (Å²) in [5.74, 6) is 1.38. The first kappa shape index (κ1) is 26.4. The fourth-order valence-electron chi connectivity index (χ4n) is 6.30. The molecule has 6 rings (SSSR count). The van der Waals surface area contributed by atoms with Crippen molar-refractivity contribution in [1.29, 1.82) is 0 Å². The van der Waals surface area contributed by atoms with Gasteiger partial charge >= 0.3 is 0 Å². The molecule has 1 unspecified atom stereocenters. The molecule has 1 amide bonds. The number of nitrogens with one attached hydrogen (secondary N) is 1. The van der Waals surface area contributed by atoms with Crippen molar-refractivity contribution in [3.63, 3.8) is 0 Å². The van der Waals surface area contributed by atoms with E-state index >= 15 is 0 Å². The number of carbonyl (C=O) groups is 1. The van der Waals surface area contributed by atoms with E-state index in [-0.39, 0.29) is 30.4 Å². The standard InChI is InChI=1S/C31H34FN5O3/c1-19(39)36-24-12-7-20(8-13-24)26-14-9-22(16-33-26)29-27(21-5-10-23(32)11-6-21)28-30(34-18-35-31(28)40-29)37-15-3-2-4-25(37)17-38/h5-6,9-11,14,16,18,20,24-25,38H,2-4,7-8,12-13,15,17H2,1H3,(H,36,39). The van der Waals surface area contributed by atoms with Crippen LogP contribution in [0.2, 0.25) is 0 Å². The van der Waals surface area contributed by atoms with Crippen LogP contribution in [-0.4, -0.2) is 51.2 Å². The molecule has 40 heavy (non-hydrogen) atoms. The van der Waals surface area contributed by atoms with Crippen molar-refractivity contribution in [1.82, 2.24) is 20.3 Å². The second-order valence-corrected chi connectivity index (χ2v) is 10.9. The number of hydrogen-bond donors (Lipinski definition) is 2. The van der Waals surface area contributed by atoms with E-state index in [1.54, 1.807) is 19.1 Å². The van der Waals surface area contributed by atoms with Crippen LogP contribution in [0.15, 0.2) is 53.3 Å². The molecular formula is C31H34FN5O3. The minimum atomic E-state index is -0.315. The SMILES string of the molecule is CC(=O)NC1CCC(c2ccc(-c3oc4ncnc(N5CCCCC5CO)c4c3-c3ccc(F)cc3)cn2)CC1. The van der Waals surface area contributed by atoms with Crippen LogP contribution >= 0.6 is 0 Å². The quantitative estimate of drug-likeness (QED) is 0.326. The normalized spacial score (nSPS) is 21.5. The summed E-state index contributed by atoms with van der Waals surface area (Å²) in [5, 5.41) is 13.9. The van der Waals surface area contributed by atoms with Crippen LogP contribution in [0, 0.1) is 5.82 Å². The van der Waals surface area contributed by atoms with Gasteiger partial charge in [0, 0.05) is 48.4 Å². The molecule has 2 fully saturated rings. The summed E-state index contributed by atoms with van der Waals surface area (Å²) in [7, 11) is 0. The van der Waals surface area contributed by atoms with E-state index in [9.17, 15) is 14.3 Å². The smallest absolute Gasteiger partial charge is 0.232 e. The maximum absolute atomic E-state index is 13.9. The molecule has 3 aromatic heterocycles. The molecule has 0 bridgehead atoms. The number of aliphatic hydroxyl groups is 1. The van der Waals surface area contributed by atoms with E-state index in [1.807, 2.05) is 12.3 Å². The topological polar surface area (TPSA) is 104 Å². The molecule has 4 heterocycles. The fraction of sp³-hybridized carbons (Fsp3) is 0.419. The largest absolute Gasteiger partial charge is 0.437 e. The molecule has 1 saturated carbocycles. The Bertz CT molecular complexity index is 1480. The van der Waals surface area contributed by atoms with Gasteiger partial charge < -0.3 is 19.7 Å². The summed E-state index contributed by atoms with van der Waals surface area (Å²) in [6.45, 7) is 2.39. The van der Waals surface area contributed by atoms with E-state index in [0.717, 1.165) is 85.1 Å². The van der Waals surface area contributed by atoms with E-state index in [4.69, 9.17) is 9.40 Å². The zero-order valence-corrected chi connectivity index (χ0v) is 22.6. The molecule has 0 spiro atoms. The zero-order valence-electron chi connectivity index (χ0n) is 22.6. The number of piperidine rings is 1. The highest BCUT2D eigenvalue weighted by atomic mass is 19.1. The Labute approximate surface area is 232 Å². The Morgan fingerprint density at radius 3 is 2.50 bits per heavy atom. The first-order valence-corrected chi connectivity index (χ1v) is 14.2. The van der Waals surface area contributed by atoms with Crippen LogP contribution in [0.5, 0.6) is 0 Å². The summed E-state index contributed by atoms with van der Waals surface area (Å²) >= 11 is 0. The molecule has 8 nitrogen and oxygen atoms in total. The first-order chi connectivity index (χ1) is 19.5. The van der Waals surface area contributed by atoms with Gasteiger partial charge in [0.25, 0.3) is 0 Å². The van der Waals surface area contributed by atoms with E-state index in [0.29, 0.717) is 17.4 Å². The molecule has 1 atom stereocenters. The average Bonchev–Trinajstić information content (AvgIpc) is 3.38. The minimum absolute atomic E-state index is 0.0220. The number of amides is 1. The molecule has 2 aliphatic rings. The van der Waals surface area contributed by atoms with Gasteiger partial charge in [0.2, 0.25) is 11.6 Å². The van der Waals surface area contributed by atoms with Crippen LogP contribution in [0.4, 0.5) is 10.2 Å². The molecule has 9 heteroatoms. The summed E-state index contributed by atoms with van der Waals surface area (Å²) < 4.78 is 20.3. The Morgan fingerprint density at radius 2 is 1.80 bits per heavy atom. The number of anilines is 1. The Balaban J connectivity index is 1.39. The Morgan fingerprint density at radius 1 is 1.02 bits per heavy atom. The van der Waals surface area contributed by atoms with Gasteiger partial charge in [-0.3, -0.25) is 9.78 Å². The fourth-order valence-corrected chi connectivity index (χ4v) is 6.30. The number of carbonyl (C=O) groups excluding carboxylic acids is 1. The number of nitrogens with zero attached hydrogens (tertiary/aromatic N) is 4. The monoisotopic (exact) mass is 543 g/mol. The third-order valence-electron chi connectivity index (χ3n) is 8.31. The lowest BCUT2D eigenvalue weighted by molar-refractivity contribution is -0.119. The number of aromatic nitrogens is 3. The van der Waals surface area contributed by atoms with Gasteiger partial charge in [-0.15, -0.1) is 0 Å². The maximum Gasteiger partial charge on any atom is 0.232 e. The van der Waals surface area contributed by atoms with Gasteiger partial charge in [-0.05, 0) is 74.8 Å². The van der Waals surface area contributed by atoms with Crippen molar-refractivity contribution in [2.24, 2.45) is 0 Å². The molecule has 4 aromatic rings. The van der Waals surface area contributed by atoms with Crippen LogP contribution in [0.3, 0.4) is 0 Å². The van der Waals surface area contributed by atoms with E-state index in [2.05, 4.69) is 26.3 Å². The lowest BCUT2D eigenvalue weighted by Gasteiger charge is -2.35. The number of fused-ring (bicyclic) bond motifs is 1. The molecule has 2 N–H and O–H groups in total. The predicted octanol–water partition coefficient (Wildman–Crippen LogP) is 5.60. The third kappa shape index (κ3) is 5.18. The Kier molecular flexibility index (Phi) is 7.47. The van der Waals surface area contributed by atoms with Crippen LogP contribution in [0.1, 0.15) is 63.5 Å². The molecule has 1 aliphatic carbocycles. The lowest BCUT2D eigenvalue weighted by Crippen LogP contribution is -2.42. The van der Waals surface area contributed by atoms with Crippen LogP contribution in [-0.2, 0) is 4.79 Å². The van der Waals surface area contributed by atoms with Gasteiger partial charge in [-0.25, -0.2) is 14.4 Å². The third-order valence-corrected chi connectivity index (χ3v) is 8.31. The second kappa shape index (κ2) is 11.3. The number of hydrogen-bond acceptors (Lipinski definition) is 7. The lowest BCUT2D eigenvalue weighted by atomic mass is 9.83. The number of aliphatic hydroxyl groups excluding tert-OH is 1. The van der Waals surface area contributed by atoms with Gasteiger partial charge in [-0.1, -0.05) is 12.1 Å². The molecule has 1 aromatic carbocycles. The van der Waals surface area contributed by atoms with Crippen LogP contribution < -0.4 is 10.2 Å². The van der Waals surface area contributed by atoms with Crippen molar-refractivity contribution >= 4 is 22.8 Å². The Hall–Kier alpha value is -3.85. The number of halogens is 1. The first-order valence-electron chi connectivity index (χ1n) is 14.2. The van der Waals surface area contributed by atoms with Crippen LogP contribution in [0.25, 0.3) is 33.6 Å². The van der Waals surface area contributed by atoms with Crippen molar-refractivity contribution in [3.05, 3.63) is 60.4 Å². The van der Waals surface area contributed by atoms with Gasteiger partial charge in [0.15, 0.2) is 0 Å². The average molecular weight is 544 g/mol. The minimum Gasteiger partial charge on any atom is -0.437 e. The summed E-state index contributed by atoms with van der Waals surface area (Å²) in [4.78, 5) is 27.5. The zero-order chi connectivity index (χ0) is 27.6. The van der Waals surface area contributed by atoms with Crippen molar-refractivity contribution in [2.45, 2.75) is 69.9 Å². The molecule has 0 radical (unpaired) electrons. The summed E-state index contributed by atoms with van der Waals surface area (Å²) in [6.07, 6.45) is 10.1. The van der Waals surface area contributed by atoms with Crippen molar-refractivity contribution in [2.75, 3.05) is 18.1 Å². The molecule has 1 saturated heterocycles. The van der Waals surface area contributed by atoms with Gasteiger partial charge in [0.1, 0.15) is 23.7 Å². The van der Waals surface area contributed by atoms with E-state index < -0.39 is 0 Å². The predicted molar refractivity (Wildman–Crippen MR) is 151 cm³/mol.